The molecule has 6 aromatic rings. The highest BCUT2D eigenvalue weighted by molar-refractivity contribution is 5.70. The summed E-state index contributed by atoms with van der Waals surface area (Å²) in [6, 6.07) is 39.0. The number of benzene rings is 6. The standard InChI is InChI=1S/C42H35N3O6/c1-3-4-29-19-31(25-38(23-29)35-7-13-41(14-8-35)44(48)49)21-33-22-32(26-39(27-33)36-9-15-42(16-10-36)45(50)51)20-30-17-28(2)18-37(24-30)34-5-11-40(12-6-34)43(46)47/h5-19,22-27H,3-4,20-21H2,1-2H3. The van der Waals surface area contributed by atoms with Gasteiger partial charge >= 0.3 is 0 Å². The monoisotopic (exact) mass is 677 g/mol. The summed E-state index contributed by atoms with van der Waals surface area (Å²) in [4.78, 5) is 32.6. The van der Waals surface area contributed by atoms with Crippen LogP contribution in [0.4, 0.5) is 17.1 Å². The van der Waals surface area contributed by atoms with E-state index in [-0.39, 0.29) is 17.1 Å². The van der Waals surface area contributed by atoms with Gasteiger partial charge in [0.1, 0.15) is 0 Å². The lowest BCUT2D eigenvalue weighted by Crippen LogP contribution is -1.98. The van der Waals surface area contributed by atoms with Gasteiger partial charge in [0, 0.05) is 36.4 Å². The second-order valence-electron chi connectivity index (χ2n) is 12.8. The van der Waals surface area contributed by atoms with Crippen LogP contribution >= 0.6 is 0 Å². The molecule has 254 valence electrons. The summed E-state index contributed by atoms with van der Waals surface area (Å²) in [5, 5.41) is 33.8. The van der Waals surface area contributed by atoms with E-state index in [0.29, 0.717) is 12.8 Å². The third-order valence-electron chi connectivity index (χ3n) is 8.83. The summed E-state index contributed by atoms with van der Waals surface area (Å²) in [5.74, 6) is 0. The molecule has 0 N–H and O–H groups in total. The lowest BCUT2D eigenvalue weighted by atomic mass is 9.91. The van der Waals surface area contributed by atoms with Crippen LogP contribution in [0, 0.1) is 37.3 Å². The maximum absolute atomic E-state index is 11.4. The van der Waals surface area contributed by atoms with Gasteiger partial charge in [-0.3, -0.25) is 30.3 Å². The zero-order valence-corrected chi connectivity index (χ0v) is 28.2. The molecule has 9 nitrogen and oxygen atoms in total. The average molecular weight is 678 g/mol. The van der Waals surface area contributed by atoms with E-state index in [1.54, 1.807) is 36.4 Å². The van der Waals surface area contributed by atoms with Gasteiger partial charge in [0.05, 0.1) is 14.8 Å². The highest BCUT2D eigenvalue weighted by Gasteiger charge is 2.13. The van der Waals surface area contributed by atoms with E-state index in [4.69, 9.17) is 0 Å². The van der Waals surface area contributed by atoms with Gasteiger partial charge in [0.25, 0.3) is 17.1 Å². The number of rotatable bonds is 12. The molecule has 0 heterocycles. The Bertz CT molecular complexity index is 2250. The van der Waals surface area contributed by atoms with Crippen molar-refractivity contribution in [3.8, 4) is 33.4 Å². The summed E-state index contributed by atoms with van der Waals surface area (Å²) in [5.41, 5.74) is 12.3. The first kappa shape index (κ1) is 34.4. The molecular formula is C42H35N3O6. The van der Waals surface area contributed by atoms with Gasteiger partial charge in [-0.25, -0.2) is 0 Å². The number of hydrogen-bond donors (Lipinski definition) is 0. The van der Waals surface area contributed by atoms with Crippen LogP contribution < -0.4 is 0 Å². The molecule has 0 saturated heterocycles. The zero-order valence-electron chi connectivity index (χ0n) is 28.2. The Morgan fingerprint density at radius 3 is 1.08 bits per heavy atom. The third kappa shape index (κ3) is 8.40. The van der Waals surface area contributed by atoms with E-state index >= 15 is 0 Å². The summed E-state index contributed by atoms with van der Waals surface area (Å²) in [7, 11) is 0. The Labute approximate surface area is 295 Å². The lowest BCUT2D eigenvalue weighted by Gasteiger charge is -2.14. The first-order valence-electron chi connectivity index (χ1n) is 16.7. The Balaban J connectivity index is 1.38. The Kier molecular flexibility index (Phi) is 10.1. The largest absolute Gasteiger partial charge is 0.269 e. The average Bonchev–Trinajstić information content (AvgIpc) is 3.11. The predicted octanol–water partition coefficient (Wildman–Crippen LogP) is 10.9. The van der Waals surface area contributed by atoms with Gasteiger partial charge in [-0.1, -0.05) is 73.5 Å². The molecule has 0 aromatic heterocycles. The predicted molar refractivity (Wildman–Crippen MR) is 200 cm³/mol. The van der Waals surface area contributed by atoms with E-state index in [9.17, 15) is 30.3 Å². The second kappa shape index (κ2) is 15.0. The van der Waals surface area contributed by atoms with Gasteiger partial charge in [-0.2, -0.15) is 0 Å². The maximum atomic E-state index is 11.4. The fraction of sp³-hybridized carbons (Fsp3) is 0.143. The topological polar surface area (TPSA) is 129 Å². The van der Waals surface area contributed by atoms with E-state index in [0.717, 1.165) is 74.0 Å². The maximum Gasteiger partial charge on any atom is 0.269 e. The van der Waals surface area contributed by atoms with Crippen LogP contribution in [-0.4, -0.2) is 14.8 Å². The zero-order chi connectivity index (χ0) is 36.1. The fourth-order valence-corrected chi connectivity index (χ4v) is 6.53. The number of hydrogen-bond acceptors (Lipinski definition) is 6. The fourth-order valence-electron chi connectivity index (χ4n) is 6.53. The van der Waals surface area contributed by atoms with Crippen molar-refractivity contribution in [3.63, 3.8) is 0 Å². The molecule has 0 spiro atoms. The molecule has 0 atom stereocenters. The lowest BCUT2D eigenvalue weighted by molar-refractivity contribution is -0.385. The van der Waals surface area contributed by atoms with Crippen molar-refractivity contribution in [1.29, 1.82) is 0 Å². The van der Waals surface area contributed by atoms with Crippen molar-refractivity contribution in [2.75, 3.05) is 0 Å². The molecule has 6 aromatic carbocycles. The van der Waals surface area contributed by atoms with Crippen LogP contribution in [0.1, 0.15) is 46.7 Å². The number of nitro groups is 3. The van der Waals surface area contributed by atoms with Gasteiger partial charge in [-0.05, 0) is 124 Å². The van der Waals surface area contributed by atoms with Gasteiger partial charge < -0.3 is 0 Å². The Morgan fingerprint density at radius 2 is 0.725 bits per heavy atom. The van der Waals surface area contributed by atoms with Crippen LogP contribution in [0.15, 0.2) is 127 Å². The molecule has 0 radical (unpaired) electrons. The van der Waals surface area contributed by atoms with Gasteiger partial charge in [0.2, 0.25) is 0 Å². The first-order valence-corrected chi connectivity index (χ1v) is 16.7. The molecule has 0 saturated carbocycles. The van der Waals surface area contributed by atoms with Crippen molar-refractivity contribution in [3.05, 3.63) is 191 Å². The van der Waals surface area contributed by atoms with E-state index < -0.39 is 14.8 Å². The first-order chi connectivity index (χ1) is 24.5. The highest BCUT2D eigenvalue weighted by Crippen LogP contribution is 2.31. The minimum absolute atomic E-state index is 0.0279. The van der Waals surface area contributed by atoms with Crippen molar-refractivity contribution in [2.45, 2.75) is 39.5 Å². The van der Waals surface area contributed by atoms with Gasteiger partial charge in [0.15, 0.2) is 0 Å². The van der Waals surface area contributed by atoms with E-state index in [1.807, 2.05) is 6.92 Å². The normalized spacial score (nSPS) is 10.9. The minimum atomic E-state index is -0.405. The molecular weight excluding hydrogens is 642 g/mol. The van der Waals surface area contributed by atoms with Crippen LogP contribution in [-0.2, 0) is 19.3 Å². The van der Waals surface area contributed by atoms with Crippen LogP contribution in [0.3, 0.4) is 0 Å². The quantitative estimate of drug-likeness (QED) is 0.0936. The summed E-state index contributed by atoms with van der Waals surface area (Å²) in [6.45, 7) is 4.17. The third-order valence-corrected chi connectivity index (χ3v) is 8.83. The Morgan fingerprint density at radius 1 is 0.412 bits per heavy atom. The Hall–Kier alpha value is -6.48. The molecule has 0 unspecified atom stereocenters. The molecule has 51 heavy (non-hydrogen) atoms. The number of nitrogens with zero attached hydrogens (tertiary/aromatic N) is 3. The van der Waals surface area contributed by atoms with Crippen LogP contribution in [0.2, 0.25) is 0 Å². The summed E-state index contributed by atoms with van der Waals surface area (Å²) >= 11 is 0. The van der Waals surface area contributed by atoms with E-state index in [1.165, 1.54) is 42.0 Å². The number of non-ortho nitro benzene ring substituents is 3. The van der Waals surface area contributed by atoms with Crippen molar-refractivity contribution < 1.29 is 14.8 Å². The molecule has 0 aliphatic heterocycles. The highest BCUT2D eigenvalue weighted by atomic mass is 16.6. The van der Waals surface area contributed by atoms with Crippen LogP contribution in [0.5, 0.6) is 0 Å². The molecule has 9 heteroatoms. The SMILES string of the molecule is CCCc1cc(Cc2cc(Cc3cc(C)cc(-c4ccc([N+](=O)[O-])cc4)c3)cc(-c3ccc([N+](=O)[O-])cc3)c2)cc(-c2ccc([N+](=O)[O-])cc2)c1. The minimum Gasteiger partial charge on any atom is -0.258 e. The van der Waals surface area contributed by atoms with Crippen molar-refractivity contribution >= 4 is 17.1 Å². The molecule has 0 aliphatic carbocycles. The molecule has 6 rings (SSSR count). The number of nitro benzene ring substituents is 3. The summed E-state index contributed by atoms with van der Waals surface area (Å²) in [6.07, 6.45) is 3.13. The second-order valence-corrected chi connectivity index (χ2v) is 12.8. The van der Waals surface area contributed by atoms with Crippen molar-refractivity contribution in [1.82, 2.24) is 0 Å². The van der Waals surface area contributed by atoms with Crippen molar-refractivity contribution in [2.24, 2.45) is 0 Å². The van der Waals surface area contributed by atoms with Gasteiger partial charge in [-0.15, -0.1) is 0 Å². The molecule has 0 bridgehead atoms. The molecule has 0 aliphatic rings. The molecule has 0 fully saturated rings. The molecule has 0 amide bonds. The smallest absolute Gasteiger partial charge is 0.258 e. The summed E-state index contributed by atoms with van der Waals surface area (Å²) < 4.78 is 0. The van der Waals surface area contributed by atoms with Crippen LogP contribution in [0.25, 0.3) is 33.4 Å². The number of aryl methyl sites for hydroxylation is 2. The van der Waals surface area contributed by atoms with E-state index in [2.05, 4.69) is 61.5 Å².